The van der Waals surface area contributed by atoms with E-state index in [1.165, 1.54) is 6.20 Å². The number of carbonyl (C=O) groups excluding carboxylic acids is 1. The molecule has 1 saturated heterocycles. The van der Waals surface area contributed by atoms with Crippen molar-refractivity contribution in [3.63, 3.8) is 0 Å². The van der Waals surface area contributed by atoms with E-state index >= 15 is 0 Å². The number of benzene rings is 1. The van der Waals surface area contributed by atoms with E-state index in [1.807, 2.05) is 45.9 Å². The summed E-state index contributed by atoms with van der Waals surface area (Å²) in [4.78, 5) is 26.7. The SMILES string of the molecule is C=C/N=C1/C=CC(N2CCN(C)CC2)=N/C1=C(/N)Nc1cc(C(=O)Nc2cc(C(C)(C)C)on2)ccc1C. The van der Waals surface area contributed by atoms with Gasteiger partial charge in [-0.1, -0.05) is 38.6 Å². The van der Waals surface area contributed by atoms with Crippen LogP contribution in [0.2, 0.25) is 0 Å². The summed E-state index contributed by atoms with van der Waals surface area (Å²) in [5.74, 6) is 1.91. The number of aryl methyl sites for hydroxylation is 1. The van der Waals surface area contributed by atoms with Crippen molar-refractivity contribution in [1.82, 2.24) is 15.0 Å². The van der Waals surface area contributed by atoms with Gasteiger partial charge in [-0.25, -0.2) is 4.99 Å². The van der Waals surface area contributed by atoms with Gasteiger partial charge in [0.1, 0.15) is 23.1 Å². The number of aliphatic imine (C=N–C) groups is 2. The molecule has 2 aromatic rings. The van der Waals surface area contributed by atoms with Gasteiger partial charge in [0.05, 0.1) is 5.71 Å². The second-order valence-electron chi connectivity index (χ2n) is 10.5. The summed E-state index contributed by atoms with van der Waals surface area (Å²) in [6.07, 6.45) is 5.32. The van der Waals surface area contributed by atoms with Gasteiger partial charge in [0.15, 0.2) is 5.82 Å². The Morgan fingerprint density at radius 2 is 1.89 bits per heavy atom. The molecule has 10 nitrogen and oxygen atoms in total. The number of carbonyl (C=O) groups is 1. The first kappa shape index (κ1) is 26.9. The highest BCUT2D eigenvalue weighted by molar-refractivity contribution is 6.16. The predicted molar refractivity (Wildman–Crippen MR) is 152 cm³/mol. The fourth-order valence-corrected chi connectivity index (χ4v) is 4.03. The van der Waals surface area contributed by atoms with Gasteiger partial charge < -0.3 is 30.7 Å². The Morgan fingerprint density at radius 3 is 2.55 bits per heavy atom. The Hall–Kier alpha value is -4.18. The average molecular weight is 517 g/mol. The molecule has 4 N–H and O–H groups in total. The minimum atomic E-state index is -0.307. The quantitative estimate of drug-likeness (QED) is 0.551. The maximum Gasteiger partial charge on any atom is 0.256 e. The molecule has 2 aliphatic heterocycles. The highest BCUT2D eigenvalue weighted by Crippen LogP contribution is 2.25. The first-order chi connectivity index (χ1) is 18.0. The number of anilines is 2. The smallest absolute Gasteiger partial charge is 0.256 e. The fourth-order valence-electron chi connectivity index (χ4n) is 4.03. The number of nitrogens with two attached hydrogens (primary N) is 1. The molecule has 0 spiro atoms. The highest BCUT2D eigenvalue weighted by atomic mass is 16.5. The summed E-state index contributed by atoms with van der Waals surface area (Å²) in [6.45, 7) is 15.4. The Labute approximate surface area is 223 Å². The van der Waals surface area contributed by atoms with Crippen molar-refractivity contribution in [2.24, 2.45) is 15.7 Å². The van der Waals surface area contributed by atoms with Crippen LogP contribution in [0.5, 0.6) is 0 Å². The van der Waals surface area contributed by atoms with Gasteiger partial charge in [0, 0.05) is 55.1 Å². The molecule has 0 saturated carbocycles. The second-order valence-corrected chi connectivity index (χ2v) is 10.5. The summed E-state index contributed by atoms with van der Waals surface area (Å²) < 4.78 is 5.37. The normalized spacial score (nSPS) is 18.8. The number of nitrogens with one attached hydrogen (secondary N) is 2. The lowest BCUT2D eigenvalue weighted by molar-refractivity contribution is 0.102. The molecular weight excluding hydrogens is 480 g/mol. The first-order valence-electron chi connectivity index (χ1n) is 12.6. The molecule has 0 atom stereocenters. The van der Waals surface area contributed by atoms with Crippen molar-refractivity contribution in [3.8, 4) is 0 Å². The molecule has 1 amide bonds. The number of hydrogen-bond acceptors (Lipinski definition) is 9. The van der Waals surface area contributed by atoms with E-state index in [0.717, 1.165) is 37.6 Å². The summed E-state index contributed by atoms with van der Waals surface area (Å²) in [5.41, 5.74) is 9.50. The monoisotopic (exact) mass is 516 g/mol. The van der Waals surface area contributed by atoms with Crippen LogP contribution in [0.3, 0.4) is 0 Å². The van der Waals surface area contributed by atoms with Gasteiger partial charge in [0.25, 0.3) is 5.91 Å². The third-order valence-electron chi connectivity index (χ3n) is 6.43. The highest BCUT2D eigenvalue weighted by Gasteiger charge is 2.23. The van der Waals surface area contributed by atoms with E-state index in [4.69, 9.17) is 15.2 Å². The number of allylic oxidation sites excluding steroid dienone is 1. The van der Waals surface area contributed by atoms with Crippen LogP contribution in [0.25, 0.3) is 0 Å². The minimum absolute atomic E-state index is 0.212. The third-order valence-corrected chi connectivity index (χ3v) is 6.43. The summed E-state index contributed by atoms with van der Waals surface area (Å²) >= 11 is 0. The van der Waals surface area contributed by atoms with Gasteiger partial charge in [-0.2, -0.15) is 0 Å². The second kappa shape index (κ2) is 11.1. The largest absolute Gasteiger partial charge is 0.383 e. The van der Waals surface area contributed by atoms with E-state index in [0.29, 0.717) is 40.1 Å². The topological polar surface area (TPSA) is 124 Å². The number of nitrogens with zero attached hydrogens (tertiary/aromatic N) is 5. The zero-order chi connectivity index (χ0) is 27.4. The van der Waals surface area contributed by atoms with Gasteiger partial charge >= 0.3 is 0 Å². The van der Waals surface area contributed by atoms with Crippen molar-refractivity contribution in [1.29, 1.82) is 0 Å². The van der Waals surface area contributed by atoms with Crippen molar-refractivity contribution in [2.45, 2.75) is 33.1 Å². The van der Waals surface area contributed by atoms with Gasteiger partial charge in [-0.05, 0) is 43.8 Å². The molecule has 1 aromatic heterocycles. The molecular formula is C28H36N8O2. The molecule has 1 aromatic carbocycles. The Bertz CT molecular complexity index is 1330. The standard InChI is InChI=1S/C28H36N8O2/c1-7-30-20-10-11-24(36-14-12-35(6)13-15-36)33-25(20)26(29)31-21-16-19(9-8-18(21)2)27(37)32-23-17-22(38-34-23)28(3,4)5/h7-11,16-17,31H,1,12-15,29H2,2-6H3,(H,32,34,37)/b26-25-,30-20-. The van der Waals surface area contributed by atoms with Crippen LogP contribution in [0, 0.1) is 6.92 Å². The molecule has 0 radical (unpaired) electrons. The number of rotatable bonds is 5. The molecule has 10 heteroatoms. The van der Waals surface area contributed by atoms with Gasteiger partial charge in [0.2, 0.25) is 0 Å². The van der Waals surface area contributed by atoms with Crippen LogP contribution in [-0.4, -0.2) is 65.6 Å². The van der Waals surface area contributed by atoms with Crippen molar-refractivity contribution >= 4 is 29.0 Å². The van der Waals surface area contributed by atoms with Crippen LogP contribution in [-0.2, 0) is 5.41 Å². The molecule has 200 valence electrons. The lowest BCUT2D eigenvalue weighted by Gasteiger charge is -2.34. The molecule has 0 bridgehead atoms. The van der Waals surface area contributed by atoms with Crippen molar-refractivity contribution < 1.29 is 9.32 Å². The van der Waals surface area contributed by atoms with Crippen LogP contribution in [0.4, 0.5) is 11.5 Å². The van der Waals surface area contributed by atoms with Gasteiger partial charge in [-0.3, -0.25) is 9.79 Å². The summed E-state index contributed by atoms with van der Waals surface area (Å²) in [5, 5.41) is 10.0. The van der Waals surface area contributed by atoms with E-state index < -0.39 is 0 Å². The maximum absolute atomic E-state index is 13.0. The number of amidine groups is 1. The average Bonchev–Trinajstić information content (AvgIpc) is 3.35. The van der Waals surface area contributed by atoms with E-state index in [9.17, 15) is 4.79 Å². The molecule has 0 unspecified atom stereocenters. The van der Waals surface area contributed by atoms with E-state index in [1.54, 1.807) is 18.2 Å². The Morgan fingerprint density at radius 1 is 1.16 bits per heavy atom. The molecule has 0 aliphatic carbocycles. The fraction of sp³-hybridized carbons (Fsp3) is 0.357. The summed E-state index contributed by atoms with van der Waals surface area (Å²) in [7, 11) is 2.11. The molecule has 2 aliphatic rings. The van der Waals surface area contributed by atoms with Crippen LogP contribution in [0.1, 0.15) is 42.5 Å². The maximum atomic E-state index is 13.0. The third kappa shape index (κ3) is 6.20. The molecule has 38 heavy (non-hydrogen) atoms. The number of amides is 1. The number of likely N-dealkylation sites (N-methyl/N-ethyl adjacent to an activating group) is 1. The molecule has 4 rings (SSSR count). The lowest BCUT2D eigenvalue weighted by Crippen LogP contribution is -2.47. The Balaban J connectivity index is 1.57. The molecule has 3 heterocycles. The zero-order valence-electron chi connectivity index (χ0n) is 22.7. The van der Waals surface area contributed by atoms with Crippen LogP contribution in [0.15, 0.2) is 75.2 Å². The number of piperazine rings is 1. The first-order valence-corrected chi connectivity index (χ1v) is 12.6. The lowest BCUT2D eigenvalue weighted by atomic mass is 9.93. The van der Waals surface area contributed by atoms with E-state index in [-0.39, 0.29) is 11.3 Å². The number of aromatic nitrogens is 1. The molecule has 1 fully saturated rings. The Kier molecular flexibility index (Phi) is 7.82. The van der Waals surface area contributed by atoms with E-state index in [2.05, 4.69) is 44.2 Å². The summed E-state index contributed by atoms with van der Waals surface area (Å²) in [6, 6.07) is 7.09. The zero-order valence-corrected chi connectivity index (χ0v) is 22.7. The van der Waals surface area contributed by atoms with Crippen molar-refractivity contribution in [2.75, 3.05) is 43.9 Å². The number of hydrogen-bond donors (Lipinski definition) is 3. The predicted octanol–water partition coefficient (Wildman–Crippen LogP) is 3.87. The number of dihydropyridines is 1. The minimum Gasteiger partial charge on any atom is -0.383 e. The van der Waals surface area contributed by atoms with Gasteiger partial charge in [-0.15, -0.1) is 0 Å². The van der Waals surface area contributed by atoms with Crippen LogP contribution < -0.4 is 16.4 Å². The van der Waals surface area contributed by atoms with Crippen molar-refractivity contribution in [3.05, 3.63) is 77.6 Å². The van der Waals surface area contributed by atoms with Crippen LogP contribution >= 0.6 is 0 Å².